The number of hydrogen-bond donors (Lipinski definition) is 0. The molecule has 1 aliphatic rings. The van der Waals surface area contributed by atoms with Gasteiger partial charge in [0.25, 0.3) is 0 Å². The number of halogens is 3. The van der Waals surface area contributed by atoms with E-state index in [4.69, 9.17) is 0 Å². The maximum atomic E-state index is 12.5. The molecule has 1 saturated carbocycles. The van der Waals surface area contributed by atoms with Crippen LogP contribution in [0.2, 0.25) is 0 Å². The van der Waals surface area contributed by atoms with Crippen LogP contribution in [0.25, 0.3) is 0 Å². The first-order valence-corrected chi connectivity index (χ1v) is 5.95. The zero-order valence-corrected chi connectivity index (χ0v) is 10.3. The summed E-state index contributed by atoms with van der Waals surface area (Å²) < 4.78 is 37.4. The molecular weight excluding hydrogens is 241 g/mol. The number of alkyl halides is 3. The molecule has 0 saturated heterocycles. The molecular formula is C14H15F3O. The van der Waals surface area contributed by atoms with Crippen molar-refractivity contribution in [3.8, 4) is 0 Å². The van der Waals surface area contributed by atoms with Gasteiger partial charge < -0.3 is 0 Å². The third-order valence-corrected chi connectivity index (χ3v) is 4.20. The van der Waals surface area contributed by atoms with Gasteiger partial charge in [0, 0.05) is 17.8 Å². The Bertz CT molecular complexity index is 461. The highest BCUT2D eigenvalue weighted by molar-refractivity contribution is 5.85. The Morgan fingerprint density at radius 2 is 1.78 bits per heavy atom. The Labute approximate surface area is 104 Å². The molecule has 0 N–H and O–H groups in total. The molecule has 2 atom stereocenters. The van der Waals surface area contributed by atoms with E-state index >= 15 is 0 Å². The highest BCUT2D eigenvalue weighted by Crippen LogP contribution is 2.43. The van der Waals surface area contributed by atoms with Gasteiger partial charge in [-0.3, -0.25) is 4.79 Å². The summed E-state index contributed by atoms with van der Waals surface area (Å²) in [6.07, 6.45) is -3.09. The van der Waals surface area contributed by atoms with Crippen LogP contribution >= 0.6 is 0 Å². The molecule has 0 bridgehead atoms. The van der Waals surface area contributed by atoms with Gasteiger partial charge in [-0.25, -0.2) is 0 Å². The summed E-state index contributed by atoms with van der Waals surface area (Å²) in [5.41, 5.74) is -0.165. The third-order valence-electron chi connectivity index (χ3n) is 4.20. The lowest BCUT2D eigenvalue weighted by molar-refractivity contribution is -0.137. The Morgan fingerprint density at radius 1 is 1.22 bits per heavy atom. The lowest BCUT2D eigenvalue weighted by atomic mass is 9.74. The summed E-state index contributed by atoms with van der Waals surface area (Å²) in [7, 11) is 0. The van der Waals surface area contributed by atoms with Gasteiger partial charge in [0.2, 0.25) is 0 Å². The van der Waals surface area contributed by atoms with Gasteiger partial charge in [-0.15, -0.1) is 0 Å². The van der Waals surface area contributed by atoms with E-state index in [1.807, 2.05) is 13.8 Å². The molecule has 0 heterocycles. The summed E-state index contributed by atoms with van der Waals surface area (Å²) in [5, 5.41) is 0. The van der Waals surface area contributed by atoms with Crippen LogP contribution in [0, 0.1) is 5.92 Å². The predicted octanol–water partition coefficient (Wildman–Crippen LogP) is 3.96. The number of hydrogen-bond acceptors (Lipinski definition) is 1. The fraction of sp³-hybridized carbons (Fsp3) is 0.500. The van der Waals surface area contributed by atoms with Crippen LogP contribution in [-0.2, 0) is 16.4 Å². The minimum atomic E-state index is -4.31. The zero-order valence-electron chi connectivity index (χ0n) is 10.3. The van der Waals surface area contributed by atoms with Gasteiger partial charge in [0.15, 0.2) is 0 Å². The fourth-order valence-corrected chi connectivity index (χ4v) is 2.61. The van der Waals surface area contributed by atoms with Crippen LogP contribution in [0.3, 0.4) is 0 Å². The summed E-state index contributed by atoms with van der Waals surface area (Å²) in [6, 6.07) is 5.18. The largest absolute Gasteiger partial charge is 0.416 e. The standard InChI is InChI=1S/C14H15F3O/c1-9-12(18)7-8-13(9,2)10-3-5-11(6-4-10)14(15,16)17/h3-6,9H,7-8H2,1-2H3. The third kappa shape index (κ3) is 2.04. The van der Waals surface area contributed by atoms with Crippen molar-refractivity contribution in [1.29, 1.82) is 0 Å². The highest BCUT2D eigenvalue weighted by Gasteiger charge is 2.43. The second kappa shape index (κ2) is 4.11. The van der Waals surface area contributed by atoms with E-state index in [1.54, 1.807) is 0 Å². The first kappa shape index (κ1) is 13.1. The first-order chi connectivity index (χ1) is 8.25. The smallest absolute Gasteiger partial charge is 0.299 e. The van der Waals surface area contributed by atoms with Crippen molar-refractivity contribution in [3.05, 3.63) is 35.4 Å². The lowest BCUT2D eigenvalue weighted by Crippen LogP contribution is -2.27. The maximum absolute atomic E-state index is 12.5. The normalized spacial score (nSPS) is 28.7. The quantitative estimate of drug-likeness (QED) is 0.743. The Balaban J connectivity index is 2.33. The molecule has 18 heavy (non-hydrogen) atoms. The zero-order chi connectivity index (χ0) is 13.6. The van der Waals surface area contributed by atoms with E-state index in [1.165, 1.54) is 12.1 Å². The molecule has 0 radical (unpaired) electrons. The second-order valence-corrected chi connectivity index (χ2v) is 5.18. The average Bonchev–Trinajstić information content (AvgIpc) is 2.58. The number of Topliss-reactive ketones (excluding diaryl/α,β-unsaturated/α-hetero) is 1. The average molecular weight is 256 g/mol. The van der Waals surface area contributed by atoms with Gasteiger partial charge in [-0.05, 0) is 24.1 Å². The van der Waals surface area contributed by atoms with Crippen molar-refractivity contribution in [1.82, 2.24) is 0 Å². The van der Waals surface area contributed by atoms with Crippen LogP contribution < -0.4 is 0 Å². The lowest BCUT2D eigenvalue weighted by Gasteiger charge is -2.29. The summed E-state index contributed by atoms with van der Waals surface area (Å²) in [5.74, 6) is 0.0617. The molecule has 1 aliphatic carbocycles. The van der Waals surface area contributed by atoms with E-state index in [0.717, 1.165) is 17.7 Å². The second-order valence-electron chi connectivity index (χ2n) is 5.18. The minimum absolute atomic E-state index is 0.130. The number of benzene rings is 1. The van der Waals surface area contributed by atoms with Crippen molar-refractivity contribution in [2.24, 2.45) is 5.92 Å². The van der Waals surface area contributed by atoms with Crippen molar-refractivity contribution in [2.75, 3.05) is 0 Å². The Hall–Kier alpha value is -1.32. The van der Waals surface area contributed by atoms with Gasteiger partial charge >= 0.3 is 6.18 Å². The molecule has 98 valence electrons. The number of carbonyl (C=O) groups is 1. The molecule has 1 nitrogen and oxygen atoms in total. The summed E-state index contributed by atoms with van der Waals surface area (Å²) in [4.78, 5) is 11.6. The van der Waals surface area contributed by atoms with Crippen molar-refractivity contribution < 1.29 is 18.0 Å². The van der Waals surface area contributed by atoms with E-state index in [-0.39, 0.29) is 17.1 Å². The molecule has 1 aromatic rings. The topological polar surface area (TPSA) is 17.1 Å². The molecule has 1 fully saturated rings. The van der Waals surface area contributed by atoms with Crippen LogP contribution in [0.1, 0.15) is 37.8 Å². The molecule has 4 heteroatoms. The first-order valence-electron chi connectivity index (χ1n) is 5.95. The number of ketones is 1. The van der Waals surface area contributed by atoms with E-state index in [9.17, 15) is 18.0 Å². The predicted molar refractivity (Wildman–Crippen MR) is 62.2 cm³/mol. The summed E-state index contributed by atoms with van der Waals surface area (Å²) >= 11 is 0. The van der Waals surface area contributed by atoms with Crippen molar-refractivity contribution in [3.63, 3.8) is 0 Å². The fourth-order valence-electron chi connectivity index (χ4n) is 2.61. The molecule has 1 aromatic carbocycles. The Kier molecular flexibility index (Phi) is 2.99. The SMILES string of the molecule is CC1C(=O)CCC1(C)c1ccc(C(F)(F)F)cc1. The monoisotopic (exact) mass is 256 g/mol. The van der Waals surface area contributed by atoms with Gasteiger partial charge in [0.1, 0.15) is 5.78 Å². The molecule has 0 aliphatic heterocycles. The van der Waals surface area contributed by atoms with E-state index < -0.39 is 11.7 Å². The molecule has 2 unspecified atom stereocenters. The Morgan fingerprint density at radius 3 is 2.17 bits per heavy atom. The minimum Gasteiger partial charge on any atom is -0.299 e. The van der Waals surface area contributed by atoms with Crippen molar-refractivity contribution in [2.45, 2.75) is 38.3 Å². The van der Waals surface area contributed by atoms with Gasteiger partial charge in [0.05, 0.1) is 5.56 Å². The van der Waals surface area contributed by atoms with E-state index in [0.29, 0.717) is 12.8 Å². The number of carbonyl (C=O) groups excluding carboxylic acids is 1. The van der Waals surface area contributed by atoms with Crippen LogP contribution in [0.15, 0.2) is 24.3 Å². The highest BCUT2D eigenvalue weighted by atomic mass is 19.4. The van der Waals surface area contributed by atoms with E-state index in [2.05, 4.69) is 0 Å². The number of rotatable bonds is 1. The van der Waals surface area contributed by atoms with Crippen LogP contribution in [0.4, 0.5) is 13.2 Å². The van der Waals surface area contributed by atoms with Gasteiger partial charge in [-0.1, -0.05) is 26.0 Å². The maximum Gasteiger partial charge on any atom is 0.416 e. The molecule has 0 aromatic heterocycles. The van der Waals surface area contributed by atoms with Crippen molar-refractivity contribution >= 4 is 5.78 Å². The molecule has 0 amide bonds. The van der Waals surface area contributed by atoms with Crippen LogP contribution in [-0.4, -0.2) is 5.78 Å². The van der Waals surface area contributed by atoms with Gasteiger partial charge in [-0.2, -0.15) is 13.2 Å². The molecule has 2 rings (SSSR count). The van der Waals surface area contributed by atoms with Crippen LogP contribution in [0.5, 0.6) is 0 Å². The summed E-state index contributed by atoms with van der Waals surface area (Å²) in [6.45, 7) is 3.80. The molecule has 0 spiro atoms.